The van der Waals surface area contributed by atoms with Crippen LogP contribution in [0.4, 0.5) is 0 Å². The molecule has 0 saturated carbocycles. The minimum atomic E-state index is -0.477. The highest BCUT2D eigenvalue weighted by Gasteiger charge is 2.46. The quantitative estimate of drug-likeness (QED) is 0.179. The van der Waals surface area contributed by atoms with Gasteiger partial charge in [-0.2, -0.15) is 0 Å². The van der Waals surface area contributed by atoms with Crippen LogP contribution in [-0.4, -0.2) is 15.0 Å². The summed E-state index contributed by atoms with van der Waals surface area (Å²) in [6.45, 7) is 0. The number of fused-ring (bicyclic) bond motifs is 7. The molecule has 9 aromatic carbocycles. The van der Waals surface area contributed by atoms with E-state index in [0.717, 1.165) is 38.2 Å². The van der Waals surface area contributed by atoms with Gasteiger partial charge in [0.15, 0.2) is 17.5 Å². The van der Waals surface area contributed by atoms with E-state index in [1.165, 1.54) is 44.2 Å². The normalized spacial score (nSPS) is 12.9. The maximum Gasteiger partial charge on any atom is 0.164 e. The molecule has 10 aromatic rings. The van der Waals surface area contributed by atoms with E-state index in [2.05, 4.69) is 200 Å². The topological polar surface area (TPSA) is 38.7 Å². The lowest BCUT2D eigenvalue weighted by atomic mass is 9.67. The van der Waals surface area contributed by atoms with Crippen LogP contribution in [0.25, 0.3) is 77.6 Å². The number of aromatic nitrogens is 3. The average Bonchev–Trinajstić information content (AvgIpc) is 3.58. The Morgan fingerprint density at radius 3 is 1.42 bits per heavy atom. The Bertz CT molecular complexity index is 2950. The van der Waals surface area contributed by atoms with Gasteiger partial charge in [-0.25, -0.2) is 15.0 Å². The van der Waals surface area contributed by atoms with Crippen LogP contribution in [-0.2, 0) is 5.41 Å². The van der Waals surface area contributed by atoms with Crippen LogP contribution in [0, 0.1) is 0 Å². The summed E-state index contributed by atoms with van der Waals surface area (Å²) in [5.41, 5.74) is 9.99. The van der Waals surface area contributed by atoms with Crippen LogP contribution < -0.4 is 0 Å². The SMILES string of the molecule is c1ccc(C2(c3ccccc3)c3ccccc3-c3c2ccc2ccc(-c4nc(-c5cccc6ccccc56)nc(-c5cccc6ccccc56)n4)cc32)cc1. The summed E-state index contributed by atoms with van der Waals surface area (Å²) in [6, 6.07) is 71.7. The molecule has 1 aliphatic rings. The van der Waals surface area contributed by atoms with Crippen LogP contribution in [0.15, 0.2) is 200 Å². The van der Waals surface area contributed by atoms with Crippen LogP contribution in [0.1, 0.15) is 22.3 Å². The largest absolute Gasteiger partial charge is 0.208 e. The summed E-state index contributed by atoms with van der Waals surface area (Å²) in [7, 11) is 0. The molecule has 0 radical (unpaired) electrons. The van der Waals surface area contributed by atoms with Gasteiger partial charge in [-0.15, -0.1) is 0 Å². The van der Waals surface area contributed by atoms with Gasteiger partial charge in [0.25, 0.3) is 0 Å². The predicted octanol–water partition coefficient (Wildman–Crippen LogP) is 12.7. The molecule has 3 nitrogen and oxygen atoms in total. The van der Waals surface area contributed by atoms with Gasteiger partial charge in [0.1, 0.15) is 0 Å². The first-order valence-corrected chi connectivity index (χ1v) is 18.8. The fraction of sp³-hybridized carbons (Fsp3) is 0.0192. The van der Waals surface area contributed by atoms with Crippen molar-refractivity contribution in [3.8, 4) is 45.3 Å². The maximum absolute atomic E-state index is 5.28. The number of hydrogen-bond donors (Lipinski definition) is 0. The second-order valence-corrected chi connectivity index (χ2v) is 14.3. The van der Waals surface area contributed by atoms with E-state index < -0.39 is 5.41 Å². The third-order valence-corrected chi connectivity index (χ3v) is 11.4. The molecule has 1 heterocycles. The Kier molecular flexibility index (Phi) is 7.08. The molecule has 1 aromatic heterocycles. The van der Waals surface area contributed by atoms with Crippen molar-refractivity contribution in [1.29, 1.82) is 0 Å². The van der Waals surface area contributed by atoms with Gasteiger partial charge >= 0.3 is 0 Å². The van der Waals surface area contributed by atoms with Crippen LogP contribution >= 0.6 is 0 Å². The van der Waals surface area contributed by atoms with Crippen molar-refractivity contribution in [3.05, 3.63) is 222 Å². The summed E-state index contributed by atoms with van der Waals surface area (Å²) in [4.78, 5) is 15.8. The zero-order valence-electron chi connectivity index (χ0n) is 29.9. The lowest BCUT2D eigenvalue weighted by Crippen LogP contribution is -2.28. The van der Waals surface area contributed by atoms with E-state index in [4.69, 9.17) is 15.0 Å². The molecule has 256 valence electrons. The first kappa shape index (κ1) is 31.3. The van der Waals surface area contributed by atoms with E-state index in [-0.39, 0.29) is 0 Å². The number of benzene rings is 9. The molecule has 0 spiro atoms. The van der Waals surface area contributed by atoms with Crippen molar-refractivity contribution in [3.63, 3.8) is 0 Å². The molecule has 1 aliphatic carbocycles. The molecule has 0 unspecified atom stereocenters. The van der Waals surface area contributed by atoms with Crippen LogP contribution in [0.5, 0.6) is 0 Å². The van der Waals surface area contributed by atoms with Gasteiger partial charge in [0.05, 0.1) is 5.41 Å². The number of hydrogen-bond acceptors (Lipinski definition) is 3. The van der Waals surface area contributed by atoms with Crippen molar-refractivity contribution in [2.24, 2.45) is 0 Å². The van der Waals surface area contributed by atoms with Crippen molar-refractivity contribution in [2.45, 2.75) is 5.41 Å². The molecular formula is C52H33N3. The third-order valence-electron chi connectivity index (χ3n) is 11.4. The summed E-state index contributed by atoms with van der Waals surface area (Å²) >= 11 is 0. The zero-order chi connectivity index (χ0) is 36.3. The summed E-state index contributed by atoms with van der Waals surface area (Å²) < 4.78 is 0. The van der Waals surface area contributed by atoms with E-state index in [9.17, 15) is 0 Å². The lowest BCUT2D eigenvalue weighted by molar-refractivity contribution is 0.769. The molecule has 3 heteroatoms. The maximum atomic E-state index is 5.28. The molecule has 0 N–H and O–H groups in total. The van der Waals surface area contributed by atoms with E-state index in [0.29, 0.717) is 17.5 Å². The highest BCUT2D eigenvalue weighted by atomic mass is 15.0. The summed E-state index contributed by atoms with van der Waals surface area (Å²) in [6.07, 6.45) is 0. The number of rotatable bonds is 5. The van der Waals surface area contributed by atoms with Gasteiger partial charge in [0, 0.05) is 16.7 Å². The fourth-order valence-corrected chi connectivity index (χ4v) is 8.99. The average molecular weight is 700 g/mol. The monoisotopic (exact) mass is 699 g/mol. The minimum absolute atomic E-state index is 0.477. The Morgan fingerprint density at radius 1 is 0.309 bits per heavy atom. The predicted molar refractivity (Wildman–Crippen MR) is 226 cm³/mol. The molecule has 0 atom stereocenters. The Labute approximate surface area is 319 Å². The Morgan fingerprint density at radius 2 is 0.782 bits per heavy atom. The highest BCUT2D eigenvalue weighted by molar-refractivity contribution is 6.05. The van der Waals surface area contributed by atoms with E-state index in [1.807, 2.05) is 0 Å². The molecular weight excluding hydrogens is 667 g/mol. The lowest BCUT2D eigenvalue weighted by Gasteiger charge is -2.33. The first-order valence-electron chi connectivity index (χ1n) is 18.8. The summed E-state index contributed by atoms with van der Waals surface area (Å²) in [5, 5.41) is 6.86. The molecule has 0 fully saturated rings. The van der Waals surface area contributed by atoms with Crippen molar-refractivity contribution in [2.75, 3.05) is 0 Å². The molecule has 0 aliphatic heterocycles. The van der Waals surface area contributed by atoms with Gasteiger partial charge in [-0.05, 0) is 71.8 Å². The van der Waals surface area contributed by atoms with E-state index in [1.54, 1.807) is 0 Å². The second kappa shape index (κ2) is 12.4. The van der Waals surface area contributed by atoms with Crippen LogP contribution in [0.2, 0.25) is 0 Å². The second-order valence-electron chi connectivity index (χ2n) is 14.3. The number of nitrogens with zero attached hydrogens (tertiary/aromatic N) is 3. The third kappa shape index (κ3) is 4.80. The molecule has 0 amide bonds. The van der Waals surface area contributed by atoms with Crippen LogP contribution in [0.3, 0.4) is 0 Å². The minimum Gasteiger partial charge on any atom is -0.208 e. The van der Waals surface area contributed by atoms with Gasteiger partial charge in [-0.3, -0.25) is 0 Å². The highest BCUT2D eigenvalue weighted by Crippen LogP contribution is 2.57. The fourth-order valence-electron chi connectivity index (χ4n) is 8.99. The molecule has 11 rings (SSSR count). The Balaban J connectivity index is 1.19. The van der Waals surface area contributed by atoms with Crippen molar-refractivity contribution in [1.82, 2.24) is 15.0 Å². The van der Waals surface area contributed by atoms with Gasteiger partial charge in [0.2, 0.25) is 0 Å². The Hall–Kier alpha value is -7.23. The summed E-state index contributed by atoms with van der Waals surface area (Å²) in [5.74, 6) is 1.95. The van der Waals surface area contributed by atoms with Crippen molar-refractivity contribution >= 4 is 32.3 Å². The molecule has 0 saturated heterocycles. The smallest absolute Gasteiger partial charge is 0.164 e. The zero-order valence-corrected chi connectivity index (χ0v) is 29.9. The first-order chi connectivity index (χ1) is 27.3. The standard InChI is InChI=1S/C52H33N3/c1-3-19-38(20-4-1)52(39-21-5-2-6-22-39)46-28-12-11-25-44(46)48-45-33-37(30-29-36(45)31-32-47(48)52)49-53-50(42-26-13-17-34-15-7-9-23-40(34)42)55-51(54-49)43-27-14-18-35-16-8-10-24-41(35)43/h1-33H. The molecule has 0 bridgehead atoms. The molecule has 55 heavy (non-hydrogen) atoms. The van der Waals surface area contributed by atoms with E-state index >= 15 is 0 Å². The van der Waals surface area contributed by atoms with Gasteiger partial charge < -0.3 is 0 Å². The van der Waals surface area contributed by atoms with Gasteiger partial charge in [-0.1, -0.05) is 194 Å². The van der Waals surface area contributed by atoms with Crippen molar-refractivity contribution < 1.29 is 0 Å².